The highest BCUT2D eigenvalue weighted by Gasteiger charge is 2.09. The van der Waals surface area contributed by atoms with Gasteiger partial charge in [0, 0.05) is 17.8 Å². The molecule has 2 aromatic rings. The van der Waals surface area contributed by atoms with E-state index in [1.54, 1.807) is 10.8 Å². The number of benzene rings is 1. The van der Waals surface area contributed by atoms with Crippen LogP contribution in [0.5, 0.6) is 0 Å². The summed E-state index contributed by atoms with van der Waals surface area (Å²) in [6.07, 6.45) is 1.77. The number of hydrogen-bond acceptors (Lipinski definition) is 3. The van der Waals surface area contributed by atoms with Gasteiger partial charge in [-0.1, -0.05) is 30.3 Å². The zero-order valence-electron chi connectivity index (χ0n) is 9.92. The summed E-state index contributed by atoms with van der Waals surface area (Å²) in [4.78, 5) is 15.5. The fourth-order valence-corrected chi connectivity index (χ4v) is 1.69. The molecule has 17 heavy (non-hydrogen) atoms. The lowest BCUT2D eigenvalue weighted by Crippen LogP contribution is -2.25. The van der Waals surface area contributed by atoms with E-state index in [-0.39, 0.29) is 17.5 Å². The van der Waals surface area contributed by atoms with Crippen molar-refractivity contribution in [1.29, 1.82) is 0 Å². The van der Waals surface area contributed by atoms with E-state index in [0.29, 0.717) is 0 Å². The van der Waals surface area contributed by atoms with E-state index >= 15 is 0 Å². The molecule has 0 atom stereocenters. The summed E-state index contributed by atoms with van der Waals surface area (Å²) in [7, 11) is 0. The molecule has 1 aromatic heterocycles. The summed E-state index contributed by atoms with van der Waals surface area (Å²) in [5.74, 6) is 0.276. The molecule has 88 valence electrons. The van der Waals surface area contributed by atoms with E-state index in [1.165, 1.54) is 0 Å². The maximum absolute atomic E-state index is 11.6. The van der Waals surface area contributed by atoms with E-state index in [0.717, 1.165) is 11.1 Å². The third-order valence-electron chi connectivity index (χ3n) is 2.62. The van der Waals surface area contributed by atoms with Crippen LogP contribution in [0.4, 0.5) is 5.82 Å². The Labute approximate surface area is 99.7 Å². The van der Waals surface area contributed by atoms with Crippen molar-refractivity contribution in [2.45, 2.75) is 19.9 Å². The van der Waals surface area contributed by atoms with Crippen molar-refractivity contribution in [2.24, 2.45) is 0 Å². The van der Waals surface area contributed by atoms with Gasteiger partial charge in [-0.2, -0.15) is 4.98 Å². The van der Waals surface area contributed by atoms with Gasteiger partial charge in [-0.3, -0.25) is 4.57 Å². The van der Waals surface area contributed by atoms with E-state index in [9.17, 15) is 4.79 Å². The monoisotopic (exact) mass is 229 g/mol. The topological polar surface area (TPSA) is 60.9 Å². The van der Waals surface area contributed by atoms with Crippen LogP contribution in [0.2, 0.25) is 0 Å². The van der Waals surface area contributed by atoms with Gasteiger partial charge in [0.15, 0.2) is 0 Å². The Balaban J connectivity index is 2.63. The summed E-state index contributed by atoms with van der Waals surface area (Å²) in [5, 5.41) is 0. The van der Waals surface area contributed by atoms with Gasteiger partial charge in [-0.15, -0.1) is 0 Å². The van der Waals surface area contributed by atoms with Crippen LogP contribution in [0.15, 0.2) is 41.3 Å². The highest BCUT2D eigenvalue weighted by molar-refractivity contribution is 5.72. The Morgan fingerprint density at radius 1 is 1.24 bits per heavy atom. The molecule has 0 aliphatic rings. The van der Waals surface area contributed by atoms with Crippen LogP contribution in [0.1, 0.15) is 19.9 Å². The molecular formula is C13H15N3O. The predicted octanol–water partition coefficient (Wildman–Crippen LogP) is 2.07. The molecule has 4 nitrogen and oxygen atoms in total. The lowest BCUT2D eigenvalue weighted by molar-refractivity contribution is 0.566. The van der Waals surface area contributed by atoms with E-state index in [4.69, 9.17) is 5.73 Å². The van der Waals surface area contributed by atoms with Crippen molar-refractivity contribution in [2.75, 3.05) is 5.73 Å². The van der Waals surface area contributed by atoms with Crippen LogP contribution in [-0.2, 0) is 0 Å². The van der Waals surface area contributed by atoms with E-state index in [2.05, 4.69) is 4.98 Å². The maximum atomic E-state index is 11.6. The van der Waals surface area contributed by atoms with Crippen molar-refractivity contribution < 1.29 is 0 Å². The Kier molecular flexibility index (Phi) is 2.95. The number of hydrogen-bond donors (Lipinski definition) is 1. The van der Waals surface area contributed by atoms with Gasteiger partial charge < -0.3 is 5.73 Å². The maximum Gasteiger partial charge on any atom is 0.349 e. The third-order valence-corrected chi connectivity index (χ3v) is 2.62. The first kappa shape index (κ1) is 11.4. The molecule has 0 spiro atoms. The summed E-state index contributed by atoms with van der Waals surface area (Å²) in [5.41, 5.74) is 7.25. The minimum atomic E-state index is -0.308. The molecule has 0 saturated heterocycles. The summed E-state index contributed by atoms with van der Waals surface area (Å²) in [6.45, 7) is 3.88. The minimum absolute atomic E-state index is 0.0677. The van der Waals surface area contributed by atoms with Crippen molar-refractivity contribution in [3.8, 4) is 11.1 Å². The van der Waals surface area contributed by atoms with Gasteiger partial charge in [0.05, 0.1) is 0 Å². The van der Waals surface area contributed by atoms with Crippen LogP contribution < -0.4 is 11.4 Å². The van der Waals surface area contributed by atoms with E-state index < -0.39 is 0 Å². The Bertz CT molecular complexity index is 573. The summed E-state index contributed by atoms with van der Waals surface area (Å²) >= 11 is 0. The largest absolute Gasteiger partial charge is 0.383 e. The number of nitrogen functional groups attached to an aromatic ring is 1. The van der Waals surface area contributed by atoms with Gasteiger partial charge in [0.1, 0.15) is 5.82 Å². The molecule has 2 N–H and O–H groups in total. The highest BCUT2D eigenvalue weighted by atomic mass is 16.1. The zero-order chi connectivity index (χ0) is 12.4. The first-order valence-corrected chi connectivity index (χ1v) is 5.53. The SMILES string of the molecule is CC(C)n1cc(-c2ccccc2)c(N)nc1=O. The Morgan fingerprint density at radius 3 is 2.47 bits per heavy atom. The zero-order valence-corrected chi connectivity index (χ0v) is 9.92. The van der Waals surface area contributed by atoms with E-state index in [1.807, 2.05) is 44.2 Å². The molecule has 2 rings (SSSR count). The molecule has 0 saturated carbocycles. The lowest BCUT2D eigenvalue weighted by atomic mass is 10.1. The van der Waals surface area contributed by atoms with Crippen molar-refractivity contribution in [3.63, 3.8) is 0 Å². The molecule has 0 aliphatic heterocycles. The second kappa shape index (κ2) is 4.41. The number of nitrogens with two attached hydrogens (primary N) is 1. The molecule has 0 aliphatic carbocycles. The molecule has 0 unspecified atom stereocenters. The number of nitrogens with zero attached hydrogens (tertiary/aromatic N) is 2. The van der Waals surface area contributed by atoms with Gasteiger partial charge in [0.25, 0.3) is 0 Å². The fraction of sp³-hybridized carbons (Fsp3) is 0.231. The quantitative estimate of drug-likeness (QED) is 0.857. The second-order valence-corrected chi connectivity index (χ2v) is 4.19. The normalized spacial score (nSPS) is 10.8. The Morgan fingerprint density at radius 2 is 1.88 bits per heavy atom. The number of aromatic nitrogens is 2. The van der Waals surface area contributed by atoms with Gasteiger partial charge >= 0.3 is 5.69 Å². The third kappa shape index (κ3) is 2.20. The van der Waals surface area contributed by atoms with Gasteiger partial charge in [-0.05, 0) is 19.4 Å². The lowest BCUT2D eigenvalue weighted by Gasteiger charge is -2.12. The molecule has 0 amide bonds. The summed E-state index contributed by atoms with van der Waals surface area (Å²) < 4.78 is 1.58. The first-order chi connectivity index (χ1) is 8.09. The molecule has 0 radical (unpaired) electrons. The van der Waals surface area contributed by atoms with Crippen LogP contribution in [0.25, 0.3) is 11.1 Å². The van der Waals surface area contributed by atoms with Crippen molar-refractivity contribution in [3.05, 3.63) is 47.0 Å². The molecule has 4 heteroatoms. The smallest absolute Gasteiger partial charge is 0.349 e. The van der Waals surface area contributed by atoms with Crippen molar-refractivity contribution >= 4 is 5.82 Å². The van der Waals surface area contributed by atoms with Crippen LogP contribution in [0, 0.1) is 0 Å². The minimum Gasteiger partial charge on any atom is -0.383 e. The van der Waals surface area contributed by atoms with Crippen molar-refractivity contribution in [1.82, 2.24) is 9.55 Å². The van der Waals surface area contributed by atoms with Crippen LogP contribution >= 0.6 is 0 Å². The highest BCUT2D eigenvalue weighted by Crippen LogP contribution is 2.22. The van der Waals surface area contributed by atoms with Crippen LogP contribution in [0.3, 0.4) is 0 Å². The fourth-order valence-electron chi connectivity index (χ4n) is 1.69. The molecule has 1 aromatic carbocycles. The Hall–Kier alpha value is -2.10. The second-order valence-electron chi connectivity index (χ2n) is 4.19. The molecule has 0 fully saturated rings. The molecule has 1 heterocycles. The standard InChI is InChI=1S/C13H15N3O/c1-9(2)16-8-11(12(14)15-13(16)17)10-6-4-3-5-7-10/h3-9H,1-2H3,(H2,14,15,17). The number of rotatable bonds is 2. The van der Waals surface area contributed by atoms with Gasteiger partial charge in [0.2, 0.25) is 0 Å². The summed E-state index contributed by atoms with van der Waals surface area (Å²) in [6, 6.07) is 9.76. The average molecular weight is 229 g/mol. The predicted molar refractivity (Wildman–Crippen MR) is 68.7 cm³/mol. The molecule has 0 bridgehead atoms. The first-order valence-electron chi connectivity index (χ1n) is 5.53. The van der Waals surface area contributed by atoms with Crippen LogP contribution in [-0.4, -0.2) is 9.55 Å². The molecular weight excluding hydrogens is 214 g/mol. The van der Waals surface area contributed by atoms with Gasteiger partial charge in [-0.25, -0.2) is 4.79 Å². The average Bonchev–Trinajstić information content (AvgIpc) is 2.29. The number of anilines is 1.